The van der Waals surface area contributed by atoms with Crippen LogP contribution in [-0.4, -0.2) is 29.5 Å². The van der Waals surface area contributed by atoms with Crippen LogP contribution in [0.1, 0.15) is 39.5 Å². The molecule has 1 saturated heterocycles. The van der Waals surface area contributed by atoms with Crippen molar-refractivity contribution in [3.05, 3.63) is 0 Å². The minimum atomic E-state index is 0.413. The Morgan fingerprint density at radius 2 is 2.38 bits per heavy atom. The highest BCUT2D eigenvalue weighted by atomic mass is 32.2. The summed E-state index contributed by atoms with van der Waals surface area (Å²) < 4.78 is 11.7. The third kappa shape index (κ3) is 5.51. The second-order valence-electron chi connectivity index (χ2n) is 4.25. The average Bonchev–Trinajstić information content (AvgIpc) is 2.69. The minimum Gasteiger partial charge on any atom is -0.477 e. The summed E-state index contributed by atoms with van der Waals surface area (Å²) in [6.45, 7) is 6.86. The summed E-state index contributed by atoms with van der Waals surface area (Å²) in [6.07, 6.45) is 5.09. The van der Waals surface area contributed by atoms with Crippen molar-refractivity contribution in [1.82, 2.24) is 0 Å². The van der Waals surface area contributed by atoms with Gasteiger partial charge in [-0.25, -0.2) is 0 Å². The van der Waals surface area contributed by atoms with E-state index in [0.29, 0.717) is 9.63 Å². The van der Waals surface area contributed by atoms with Crippen molar-refractivity contribution in [3.8, 4) is 0 Å². The predicted molar refractivity (Wildman–Crippen MR) is 74.1 cm³/mol. The Morgan fingerprint density at radius 3 is 2.94 bits per heavy atom. The van der Waals surface area contributed by atoms with Gasteiger partial charge in [-0.05, 0) is 24.6 Å². The van der Waals surface area contributed by atoms with Crippen molar-refractivity contribution in [2.45, 2.75) is 44.8 Å². The van der Waals surface area contributed by atoms with Gasteiger partial charge in [0.05, 0.1) is 11.9 Å². The number of hydrogen-bond donors (Lipinski definition) is 0. The van der Waals surface area contributed by atoms with Crippen LogP contribution in [0.2, 0.25) is 0 Å². The van der Waals surface area contributed by atoms with Gasteiger partial charge in [0.25, 0.3) is 0 Å². The Morgan fingerprint density at radius 1 is 1.56 bits per heavy atom. The second-order valence-corrected chi connectivity index (χ2v) is 6.16. The van der Waals surface area contributed by atoms with Gasteiger partial charge in [-0.15, -0.1) is 0 Å². The molecule has 1 aliphatic heterocycles. The van der Waals surface area contributed by atoms with E-state index >= 15 is 0 Å². The summed E-state index contributed by atoms with van der Waals surface area (Å²) >= 11 is 6.59. The van der Waals surface area contributed by atoms with E-state index in [-0.39, 0.29) is 0 Å². The maximum Gasteiger partial charge on any atom is 0.220 e. The Labute approximate surface area is 108 Å². The van der Waals surface area contributed by atoms with Crippen LogP contribution in [0.5, 0.6) is 0 Å². The van der Waals surface area contributed by atoms with Crippen molar-refractivity contribution >= 4 is 28.4 Å². The highest BCUT2D eigenvalue weighted by Gasteiger charge is 2.22. The smallest absolute Gasteiger partial charge is 0.220 e. The van der Waals surface area contributed by atoms with Gasteiger partial charge >= 0.3 is 0 Å². The average molecular weight is 262 g/mol. The van der Waals surface area contributed by atoms with Crippen LogP contribution in [0.4, 0.5) is 0 Å². The third-order valence-electron chi connectivity index (χ3n) is 2.85. The van der Waals surface area contributed by atoms with E-state index < -0.39 is 0 Å². The fraction of sp³-hybridized carbons (Fsp3) is 0.917. The van der Waals surface area contributed by atoms with Crippen LogP contribution < -0.4 is 0 Å². The summed E-state index contributed by atoms with van der Waals surface area (Å²) in [5.41, 5.74) is 0. The summed E-state index contributed by atoms with van der Waals surface area (Å²) in [6, 6.07) is 0. The van der Waals surface area contributed by atoms with Gasteiger partial charge in [0.1, 0.15) is 6.61 Å². The van der Waals surface area contributed by atoms with Crippen LogP contribution >= 0.6 is 24.0 Å². The summed E-state index contributed by atoms with van der Waals surface area (Å²) in [7, 11) is 0. The molecule has 0 amide bonds. The van der Waals surface area contributed by atoms with Crippen LogP contribution in [-0.2, 0) is 9.47 Å². The zero-order valence-electron chi connectivity index (χ0n) is 10.2. The topological polar surface area (TPSA) is 18.5 Å². The molecule has 0 aromatic heterocycles. The number of ether oxygens (including phenoxy) is 2. The first kappa shape index (κ1) is 14.3. The third-order valence-corrected chi connectivity index (χ3v) is 4.17. The second kappa shape index (κ2) is 8.31. The van der Waals surface area contributed by atoms with E-state index in [1.807, 2.05) is 0 Å². The van der Waals surface area contributed by atoms with Gasteiger partial charge in [0, 0.05) is 6.61 Å². The molecular formula is C12H22O2S2. The predicted octanol–water partition coefficient (Wildman–Crippen LogP) is 3.64. The molecule has 0 aromatic rings. The van der Waals surface area contributed by atoms with Gasteiger partial charge < -0.3 is 9.47 Å². The van der Waals surface area contributed by atoms with Crippen molar-refractivity contribution in [3.63, 3.8) is 0 Å². The lowest BCUT2D eigenvalue weighted by atomic mass is 10.0. The first-order valence-corrected chi connectivity index (χ1v) is 7.46. The van der Waals surface area contributed by atoms with E-state index in [9.17, 15) is 0 Å². The maximum atomic E-state index is 5.76. The fourth-order valence-electron chi connectivity index (χ4n) is 1.71. The molecular weight excluding hydrogens is 240 g/mol. The molecule has 0 aliphatic carbocycles. The van der Waals surface area contributed by atoms with E-state index in [1.165, 1.54) is 25.7 Å². The molecule has 1 aliphatic rings. The molecule has 1 rings (SSSR count). The fourth-order valence-corrected chi connectivity index (χ4v) is 2.90. The largest absolute Gasteiger partial charge is 0.477 e. The molecule has 2 atom stereocenters. The molecule has 2 unspecified atom stereocenters. The molecule has 1 fully saturated rings. The summed E-state index contributed by atoms with van der Waals surface area (Å²) in [4.78, 5) is 0. The highest BCUT2D eigenvalue weighted by molar-refractivity contribution is 8.23. The zero-order chi connectivity index (χ0) is 11.8. The molecule has 0 bridgehead atoms. The lowest BCUT2D eigenvalue weighted by Gasteiger charge is -2.15. The molecule has 94 valence electrons. The Kier molecular flexibility index (Phi) is 7.41. The molecule has 1 heterocycles. The molecule has 16 heavy (non-hydrogen) atoms. The number of thiocarbonyl (C=S) groups is 1. The molecule has 0 N–H and O–H groups in total. The Balaban J connectivity index is 2.06. The summed E-state index contributed by atoms with van der Waals surface area (Å²) in [5, 5.41) is 0.413. The zero-order valence-corrected chi connectivity index (χ0v) is 11.9. The van der Waals surface area contributed by atoms with Gasteiger partial charge in [-0.3, -0.25) is 0 Å². The van der Waals surface area contributed by atoms with E-state index in [4.69, 9.17) is 21.7 Å². The molecule has 0 aromatic carbocycles. The molecule has 2 nitrogen and oxygen atoms in total. The normalized spacial score (nSPS) is 22.1. The highest BCUT2D eigenvalue weighted by Crippen LogP contribution is 2.23. The van der Waals surface area contributed by atoms with E-state index in [0.717, 1.165) is 25.7 Å². The van der Waals surface area contributed by atoms with Crippen LogP contribution in [0.15, 0.2) is 0 Å². The summed E-state index contributed by atoms with van der Waals surface area (Å²) in [5.74, 6) is 0.722. The molecule has 0 radical (unpaired) electrons. The minimum absolute atomic E-state index is 0.413. The number of hydrogen-bond acceptors (Lipinski definition) is 4. The van der Waals surface area contributed by atoms with Gasteiger partial charge in [0.15, 0.2) is 0 Å². The number of thioether (sulfide) groups is 1. The SMILES string of the molecule is CCCCC(CC)COCC1COC(=S)S1. The van der Waals surface area contributed by atoms with Gasteiger partial charge in [-0.2, -0.15) is 0 Å². The first-order valence-electron chi connectivity index (χ1n) is 6.17. The first-order chi connectivity index (χ1) is 7.76. The Bertz CT molecular complexity index is 209. The molecule has 4 heteroatoms. The van der Waals surface area contributed by atoms with Crippen molar-refractivity contribution < 1.29 is 9.47 Å². The van der Waals surface area contributed by atoms with E-state index in [2.05, 4.69) is 13.8 Å². The van der Waals surface area contributed by atoms with Crippen molar-refractivity contribution in [1.29, 1.82) is 0 Å². The van der Waals surface area contributed by atoms with Crippen molar-refractivity contribution in [2.75, 3.05) is 19.8 Å². The standard InChI is InChI=1S/C12H22O2S2/c1-3-5-6-10(4-2)7-13-8-11-9-14-12(15)16-11/h10-11H,3-9H2,1-2H3. The van der Waals surface area contributed by atoms with Crippen molar-refractivity contribution in [2.24, 2.45) is 5.92 Å². The monoisotopic (exact) mass is 262 g/mol. The number of rotatable bonds is 8. The molecule has 0 spiro atoms. The van der Waals surface area contributed by atoms with Crippen LogP contribution in [0.25, 0.3) is 0 Å². The van der Waals surface area contributed by atoms with E-state index in [1.54, 1.807) is 11.8 Å². The van der Waals surface area contributed by atoms with Crippen LogP contribution in [0.3, 0.4) is 0 Å². The number of unbranched alkanes of at least 4 members (excludes halogenated alkanes) is 1. The quantitative estimate of drug-likeness (QED) is 0.621. The lowest BCUT2D eigenvalue weighted by molar-refractivity contribution is 0.0891. The van der Waals surface area contributed by atoms with Gasteiger partial charge in [0.2, 0.25) is 4.38 Å². The Hall–Kier alpha value is 0.200. The van der Waals surface area contributed by atoms with Gasteiger partial charge in [-0.1, -0.05) is 44.9 Å². The lowest BCUT2D eigenvalue weighted by Crippen LogP contribution is -2.17. The maximum absolute atomic E-state index is 5.76. The van der Waals surface area contributed by atoms with Crippen LogP contribution in [0, 0.1) is 5.92 Å². The molecule has 0 saturated carbocycles.